The Balaban J connectivity index is 1.96. The summed E-state index contributed by atoms with van der Waals surface area (Å²) in [4.78, 5) is 4.34. The van der Waals surface area contributed by atoms with Crippen LogP contribution in [0.3, 0.4) is 0 Å². The summed E-state index contributed by atoms with van der Waals surface area (Å²) in [6.45, 7) is 1.64. The Labute approximate surface area is 106 Å². The van der Waals surface area contributed by atoms with E-state index < -0.39 is 0 Å². The van der Waals surface area contributed by atoms with E-state index >= 15 is 0 Å². The molecule has 0 amide bonds. The third kappa shape index (κ3) is 2.11. The molecule has 94 valence electrons. The van der Waals surface area contributed by atoms with Crippen LogP contribution in [-0.4, -0.2) is 24.2 Å². The summed E-state index contributed by atoms with van der Waals surface area (Å²) < 4.78 is 5.37. The van der Waals surface area contributed by atoms with Crippen LogP contribution in [0.25, 0.3) is 10.9 Å². The van der Waals surface area contributed by atoms with Crippen molar-refractivity contribution in [1.82, 2.24) is 4.98 Å². The van der Waals surface area contributed by atoms with Gasteiger partial charge in [-0.1, -0.05) is 18.2 Å². The minimum atomic E-state index is 0.437. The highest BCUT2D eigenvalue weighted by Gasteiger charge is 2.16. The number of benzene rings is 1. The number of nitrogen functional groups attached to an aromatic ring is 1. The molecule has 3 N–H and O–H groups in total. The van der Waals surface area contributed by atoms with Crippen molar-refractivity contribution in [3.8, 4) is 0 Å². The lowest BCUT2D eigenvalue weighted by atomic mass is 10.1. The van der Waals surface area contributed by atoms with Crippen molar-refractivity contribution >= 4 is 22.3 Å². The van der Waals surface area contributed by atoms with Gasteiger partial charge in [0.15, 0.2) is 0 Å². The molecule has 0 saturated carbocycles. The smallest absolute Gasteiger partial charge is 0.0743 e. The van der Waals surface area contributed by atoms with Crippen LogP contribution in [0.2, 0.25) is 0 Å². The maximum Gasteiger partial charge on any atom is 0.0743 e. The number of rotatable bonds is 2. The van der Waals surface area contributed by atoms with Gasteiger partial charge in [-0.3, -0.25) is 4.98 Å². The summed E-state index contributed by atoms with van der Waals surface area (Å²) >= 11 is 0. The first-order valence-electron chi connectivity index (χ1n) is 6.32. The number of aromatic nitrogens is 1. The fraction of sp³-hybridized carbons (Fsp3) is 0.357. The highest BCUT2D eigenvalue weighted by Crippen LogP contribution is 2.29. The molecule has 1 saturated heterocycles. The van der Waals surface area contributed by atoms with Crippen molar-refractivity contribution in [2.75, 3.05) is 24.3 Å². The maximum absolute atomic E-state index is 6.05. The molecule has 3 rings (SSSR count). The van der Waals surface area contributed by atoms with Crippen molar-refractivity contribution < 1.29 is 4.74 Å². The van der Waals surface area contributed by atoms with Gasteiger partial charge in [0.05, 0.1) is 23.1 Å². The molecule has 18 heavy (non-hydrogen) atoms. The van der Waals surface area contributed by atoms with Crippen LogP contribution in [0, 0.1) is 0 Å². The van der Waals surface area contributed by atoms with Crippen molar-refractivity contribution in [2.24, 2.45) is 0 Å². The second-order valence-corrected chi connectivity index (χ2v) is 4.64. The van der Waals surface area contributed by atoms with Gasteiger partial charge in [-0.15, -0.1) is 0 Å². The van der Waals surface area contributed by atoms with E-state index in [1.807, 2.05) is 18.2 Å². The molecule has 4 nitrogen and oxygen atoms in total. The third-order valence-corrected chi connectivity index (χ3v) is 3.37. The fourth-order valence-corrected chi connectivity index (χ4v) is 2.36. The topological polar surface area (TPSA) is 60.2 Å². The first kappa shape index (κ1) is 11.3. The molecule has 0 bridgehead atoms. The lowest BCUT2D eigenvalue weighted by Crippen LogP contribution is -2.28. The SMILES string of the molecule is Nc1cnc2ccccc2c1NC1CCOCC1. The van der Waals surface area contributed by atoms with Gasteiger partial charge in [0.25, 0.3) is 0 Å². The zero-order chi connectivity index (χ0) is 12.4. The Bertz CT molecular complexity index is 550. The van der Waals surface area contributed by atoms with Crippen molar-refractivity contribution in [3.63, 3.8) is 0 Å². The molecule has 0 radical (unpaired) electrons. The fourth-order valence-electron chi connectivity index (χ4n) is 2.36. The van der Waals surface area contributed by atoms with Crippen molar-refractivity contribution in [2.45, 2.75) is 18.9 Å². The molecule has 1 aromatic heterocycles. The number of pyridine rings is 1. The number of hydrogen-bond donors (Lipinski definition) is 2. The van der Waals surface area contributed by atoms with Crippen LogP contribution in [0.5, 0.6) is 0 Å². The summed E-state index contributed by atoms with van der Waals surface area (Å²) in [7, 11) is 0. The van der Waals surface area contributed by atoms with Crippen LogP contribution in [0.4, 0.5) is 11.4 Å². The first-order valence-corrected chi connectivity index (χ1v) is 6.32. The molecule has 0 unspecified atom stereocenters. The molecule has 1 aromatic carbocycles. The number of para-hydroxylation sites is 1. The number of nitrogens with zero attached hydrogens (tertiary/aromatic N) is 1. The van der Waals surface area contributed by atoms with E-state index in [-0.39, 0.29) is 0 Å². The van der Waals surface area contributed by atoms with Gasteiger partial charge in [-0.2, -0.15) is 0 Å². The molecule has 1 aliphatic heterocycles. The van der Waals surface area contributed by atoms with Crippen LogP contribution in [0.15, 0.2) is 30.5 Å². The van der Waals surface area contributed by atoms with Gasteiger partial charge in [-0.05, 0) is 18.9 Å². The number of nitrogens with two attached hydrogens (primary N) is 1. The lowest BCUT2D eigenvalue weighted by Gasteiger charge is -2.25. The molecule has 2 aromatic rings. The third-order valence-electron chi connectivity index (χ3n) is 3.37. The van der Waals surface area contributed by atoms with Crippen LogP contribution < -0.4 is 11.1 Å². The van der Waals surface area contributed by atoms with E-state index in [0.29, 0.717) is 11.7 Å². The Hall–Kier alpha value is -1.81. The maximum atomic E-state index is 6.05. The molecule has 4 heteroatoms. The number of anilines is 2. The minimum Gasteiger partial charge on any atom is -0.396 e. The lowest BCUT2D eigenvalue weighted by molar-refractivity contribution is 0.0905. The van der Waals surface area contributed by atoms with Crippen LogP contribution >= 0.6 is 0 Å². The second kappa shape index (κ2) is 4.82. The van der Waals surface area contributed by atoms with E-state index in [2.05, 4.69) is 16.4 Å². The average molecular weight is 243 g/mol. The summed E-state index contributed by atoms with van der Waals surface area (Å²) in [6.07, 6.45) is 3.77. The van der Waals surface area contributed by atoms with Crippen molar-refractivity contribution in [3.05, 3.63) is 30.5 Å². The first-order chi connectivity index (χ1) is 8.84. The molecular weight excluding hydrogens is 226 g/mol. The second-order valence-electron chi connectivity index (χ2n) is 4.64. The average Bonchev–Trinajstić information content (AvgIpc) is 2.43. The van der Waals surface area contributed by atoms with Gasteiger partial charge in [0, 0.05) is 24.6 Å². The van der Waals surface area contributed by atoms with Crippen LogP contribution in [0.1, 0.15) is 12.8 Å². The predicted octanol–water partition coefficient (Wildman–Crippen LogP) is 2.41. The normalized spacial score (nSPS) is 16.9. The molecule has 1 aliphatic rings. The van der Waals surface area contributed by atoms with Gasteiger partial charge < -0.3 is 15.8 Å². The van der Waals surface area contributed by atoms with E-state index in [4.69, 9.17) is 10.5 Å². The highest BCUT2D eigenvalue weighted by molar-refractivity contribution is 5.96. The standard InChI is InChI=1S/C14H17N3O/c15-12-9-16-13-4-2-1-3-11(13)14(12)17-10-5-7-18-8-6-10/h1-4,9-10H,5-8,15H2,(H,16,17). The van der Waals surface area contributed by atoms with Gasteiger partial charge in [0.1, 0.15) is 0 Å². The largest absolute Gasteiger partial charge is 0.396 e. The molecule has 1 fully saturated rings. The van der Waals surface area contributed by atoms with Gasteiger partial charge in [-0.25, -0.2) is 0 Å². The van der Waals surface area contributed by atoms with Gasteiger partial charge >= 0.3 is 0 Å². The summed E-state index contributed by atoms with van der Waals surface area (Å²) in [6, 6.07) is 8.50. The number of nitrogens with one attached hydrogen (secondary N) is 1. The zero-order valence-electron chi connectivity index (χ0n) is 10.2. The monoisotopic (exact) mass is 243 g/mol. The number of fused-ring (bicyclic) bond motifs is 1. The summed E-state index contributed by atoms with van der Waals surface area (Å²) in [5.41, 5.74) is 8.74. The zero-order valence-corrected chi connectivity index (χ0v) is 10.2. The molecule has 2 heterocycles. The minimum absolute atomic E-state index is 0.437. The van der Waals surface area contributed by atoms with Crippen molar-refractivity contribution in [1.29, 1.82) is 0 Å². The van der Waals surface area contributed by atoms with Gasteiger partial charge in [0.2, 0.25) is 0 Å². The Morgan fingerprint density at radius 3 is 2.83 bits per heavy atom. The van der Waals surface area contributed by atoms with E-state index in [1.54, 1.807) is 6.20 Å². The van der Waals surface area contributed by atoms with E-state index in [1.165, 1.54) is 0 Å². The number of hydrogen-bond acceptors (Lipinski definition) is 4. The summed E-state index contributed by atoms with van der Waals surface area (Å²) in [5.74, 6) is 0. The molecule has 0 atom stereocenters. The quantitative estimate of drug-likeness (QED) is 0.850. The molecular formula is C14H17N3O. The predicted molar refractivity (Wildman–Crippen MR) is 73.6 cm³/mol. The Morgan fingerprint density at radius 1 is 1.22 bits per heavy atom. The Morgan fingerprint density at radius 2 is 2.00 bits per heavy atom. The molecule has 0 spiro atoms. The van der Waals surface area contributed by atoms with E-state index in [9.17, 15) is 0 Å². The number of ether oxygens (including phenoxy) is 1. The Kier molecular flexibility index (Phi) is 3.02. The summed E-state index contributed by atoms with van der Waals surface area (Å²) in [5, 5.41) is 4.63. The van der Waals surface area contributed by atoms with E-state index in [0.717, 1.165) is 42.6 Å². The molecule has 0 aliphatic carbocycles. The highest BCUT2D eigenvalue weighted by atomic mass is 16.5. The van der Waals surface area contributed by atoms with Crippen LogP contribution in [-0.2, 0) is 4.74 Å².